The summed E-state index contributed by atoms with van der Waals surface area (Å²) in [6.45, 7) is 64.4. The maximum Gasteiger partial charge on any atom is 3.00 e. The van der Waals surface area contributed by atoms with Crippen molar-refractivity contribution < 1.29 is 66.6 Å². The van der Waals surface area contributed by atoms with E-state index in [9.17, 15) is 26.3 Å². The monoisotopic (exact) mass is 2150 g/mol. The maximum atomic E-state index is 12.2. The minimum Gasteiger partial charge on any atom is -0.573 e. The van der Waals surface area contributed by atoms with Crippen LogP contribution < -0.4 is 10.2 Å². The fourth-order valence-electron chi connectivity index (χ4n) is 11.4. The van der Waals surface area contributed by atoms with Gasteiger partial charge in [-0.3, -0.25) is 54.8 Å². The largest absolute Gasteiger partial charge is 3.00 e. The first-order chi connectivity index (χ1) is 60.0. The SMILES string of the molecule is CC(C)(C)c1[c-]c(-c2ccnc(C(C)(C)C)n2)ncc1.CC(C)(C)c1ccnc(-c2[c-]cnc(C(C)(C)C)n2)c1.CC(C)(C)c1ccnc(-c2[c-]cnc(C(C)(C)C)n2)c1.CC(C)(C)c1ccnc(-c2[c-]cnc(C(C)(C)C)n2)c1.CC(C)(C)c1ccnc(-c2ccnc(C(C)(C)C)n2)c1.FC(F)(F)c1cc(-c2ccccn2)[n-]n1.FC(F)(F)c1cc(-c2ccccn2)[n-]n1.[Ir+3].[Ir+3]. The van der Waals surface area contributed by atoms with Crippen molar-refractivity contribution in [2.24, 2.45) is 0 Å². The van der Waals surface area contributed by atoms with Gasteiger partial charge in [-0.25, -0.2) is 33.2 Å². The third kappa shape index (κ3) is 33.2. The summed E-state index contributed by atoms with van der Waals surface area (Å²) in [6, 6.07) is 46.7. The van der Waals surface area contributed by atoms with Crippen molar-refractivity contribution in [3.63, 3.8) is 0 Å². The predicted octanol–water partition coefficient (Wildman–Crippen LogP) is 24.1. The summed E-state index contributed by atoms with van der Waals surface area (Å²) in [5.74, 6) is 4.11. The summed E-state index contributed by atoms with van der Waals surface area (Å²) in [4.78, 5) is 74.7. The number of aromatic nitrogens is 21. The van der Waals surface area contributed by atoms with Gasteiger partial charge in [0, 0.05) is 88.0 Å². The van der Waals surface area contributed by atoms with Crippen molar-refractivity contribution >= 4 is 0 Å². The zero-order valence-corrected chi connectivity index (χ0v) is 86.0. The van der Waals surface area contributed by atoms with Gasteiger partial charge in [0.05, 0.1) is 11.4 Å². The van der Waals surface area contributed by atoms with Crippen LogP contribution in [0.3, 0.4) is 0 Å². The fourth-order valence-corrected chi connectivity index (χ4v) is 11.4. The van der Waals surface area contributed by atoms with Crippen LogP contribution in [-0.4, -0.2) is 94.9 Å². The minimum absolute atomic E-state index is 0. The molecule has 132 heavy (non-hydrogen) atoms. The molecule has 0 N–H and O–H groups in total. The van der Waals surface area contributed by atoms with Crippen molar-refractivity contribution in [2.75, 3.05) is 0 Å². The van der Waals surface area contributed by atoms with E-state index in [-0.39, 0.29) is 106 Å². The second kappa shape index (κ2) is 44.5. The van der Waals surface area contributed by atoms with Crippen LogP contribution in [0.4, 0.5) is 26.3 Å². The summed E-state index contributed by atoms with van der Waals surface area (Å²) >= 11 is 0. The predicted molar refractivity (Wildman–Crippen MR) is 500 cm³/mol. The molecule has 0 saturated heterocycles. The van der Waals surface area contributed by atoms with Crippen molar-refractivity contribution in [1.29, 1.82) is 0 Å². The molecular weight excluding hydrogens is 2030 g/mol. The molecule has 0 fully saturated rings. The van der Waals surface area contributed by atoms with E-state index in [0.29, 0.717) is 11.4 Å². The summed E-state index contributed by atoms with van der Waals surface area (Å²) in [6.07, 6.45) is 11.9. The van der Waals surface area contributed by atoms with Gasteiger partial charge >= 0.3 is 52.6 Å². The van der Waals surface area contributed by atoms with Crippen LogP contribution in [0.25, 0.3) is 79.7 Å². The first-order valence-electron chi connectivity index (χ1n) is 42.7. The van der Waals surface area contributed by atoms with Gasteiger partial charge < -0.3 is 35.3 Å². The Hall–Kier alpha value is -11.3. The smallest absolute Gasteiger partial charge is 0.573 e. The Morgan fingerprint density at radius 1 is 0.235 bits per heavy atom. The Morgan fingerprint density at radius 2 is 0.515 bits per heavy atom. The molecule has 0 spiro atoms. The van der Waals surface area contributed by atoms with Gasteiger partial charge in [-0.1, -0.05) is 307 Å². The Kier molecular flexibility index (Phi) is 36.9. The molecule has 0 amide bonds. The standard InChI is InChI=1S/C17H23N3.4C17H22N3.2C9H5F3N3.2Ir/c5*1-16(2,3)12-7-9-18-14(11-12)13-8-10-19-15(20-13)17(4,5)6;2*10-9(11,12)8-5-7(14-15-8)6-3-1-2-4-13-6;;/h7-11H,1-6H3;3*7,9-11H,1-6H3;7-10H,1-6H3;2*1-5H;;/q;6*-1;2*+3. The molecule has 0 unspecified atom stereocenters. The second-order valence-corrected chi connectivity index (χ2v) is 41.3. The van der Waals surface area contributed by atoms with E-state index in [0.717, 1.165) is 104 Å². The van der Waals surface area contributed by atoms with Crippen LogP contribution in [-0.2, 0) is 107 Å². The number of nitrogens with zero attached hydrogens (tertiary/aromatic N) is 21. The van der Waals surface area contributed by atoms with Crippen molar-refractivity contribution in [3.8, 4) is 79.7 Å². The van der Waals surface area contributed by atoms with E-state index >= 15 is 0 Å². The van der Waals surface area contributed by atoms with E-state index in [1.807, 2.05) is 55.4 Å². The molecule has 29 heteroatoms. The third-order valence-electron chi connectivity index (χ3n) is 19.2. The molecule has 0 atom stereocenters. The first kappa shape index (κ1) is 110. The average Bonchev–Trinajstić information content (AvgIpc) is 1.40. The Balaban J connectivity index is 0.000000237. The van der Waals surface area contributed by atoms with E-state index in [2.05, 4.69) is 386 Å². The van der Waals surface area contributed by atoms with Gasteiger partial charge in [-0.15, -0.1) is 24.3 Å². The van der Waals surface area contributed by atoms with E-state index in [1.165, 1.54) is 34.6 Å². The topological polar surface area (TPSA) is 273 Å². The molecule has 0 aliphatic carbocycles. The van der Waals surface area contributed by atoms with E-state index < -0.39 is 23.7 Å². The molecule has 0 aromatic carbocycles. The summed E-state index contributed by atoms with van der Waals surface area (Å²) in [5, 5.41) is 12.9. The molecular formula is C103H121F6Ir2N21. The molecule has 698 valence electrons. The van der Waals surface area contributed by atoms with Crippen molar-refractivity contribution in [2.45, 2.75) is 274 Å². The molecule has 14 aromatic rings. The molecule has 14 rings (SSSR count). The molecule has 21 nitrogen and oxygen atoms in total. The number of pyridine rings is 7. The zero-order valence-electron chi connectivity index (χ0n) is 81.2. The van der Waals surface area contributed by atoms with E-state index in [1.54, 1.807) is 61.2 Å². The molecule has 14 heterocycles. The Morgan fingerprint density at radius 3 is 0.803 bits per heavy atom. The number of hydrogen-bond donors (Lipinski definition) is 0. The van der Waals surface area contributed by atoms with Gasteiger partial charge in [0.2, 0.25) is 0 Å². The summed E-state index contributed by atoms with van der Waals surface area (Å²) in [5.41, 5.74) is 13.5. The maximum absolute atomic E-state index is 12.2. The van der Waals surface area contributed by atoms with Crippen LogP contribution in [0.1, 0.15) is 276 Å². The van der Waals surface area contributed by atoms with Crippen molar-refractivity contribution in [3.05, 3.63) is 282 Å². The quantitative estimate of drug-likeness (QED) is 0.106. The van der Waals surface area contributed by atoms with Gasteiger partial charge in [0.25, 0.3) is 0 Å². The number of hydrogen-bond acceptors (Lipinski definition) is 19. The fraction of sp³-hybridized carbons (Fsp3) is 0.408. The minimum atomic E-state index is -4.46. The van der Waals surface area contributed by atoms with Crippen LogP contribution in [0.15, 0.2) is 190 Å². The van der Waals surface area contributed by atoms with Crippen LogP contribution in [0.5, 0.6) is 0 Å². The summed E-state index contributed by atoms with van der Waals surface area (Å²) < 4.78 is 73.2. The van der Waals surface area contributed by atoms with Gasteiger partial charge in [-0.05, 0) is 123 Å². The van der Waals surface area contributed by atoms with Crippen molar-refractivity contribution in [1.82, 2.24) is 105 Å². The molecule has 0 radical (unpaired) electrons. The number of alkyl halides is 6. The molecule has 0 aliphatic rings. The van der Waals surface area contributed by atoms with Crippen LogP contribution >= 0.6 is 0 Å². The molecule has 0 bridgehead atoms. The van der Waals surface area contributed by atoms with Gasteiger partial charge in [0.15, 0.2) is 0 Å². The van der Waals surface area contributed by atoms with Gasteiger partial charge in [0.1, 0.15) is 40.5 Å². The normalized spacial score (nSPS) is 12.1. The first-order valence-corrected chi connectivity index (χ1v) is 42.7. The Bertz CT molecular complexity index is 4980. The number of rotatable bonds is 7. The molecule has 0 aliphatic heterocycles. The van der Waals surface area contributed by atoms with Crippen LogP contribution in [0.2, 0.25) is 0 Å². The zero-order chi connectivity index (χ0) is 96.6. The Labute approximate surface area is 802 Å². The molecule has 14 aromatic heterocycles. The third-order valence-corrected chi connectivity index (χ3v) is 19.2. The second-order valence-electron chi connectivity index (χ2n) is 41.3. The van der Waals surface area contributed by atoms with Crippen LogP contribution in [0, 0.1) is 24.3 Å². The molecule has 0 saturated carbocycles. The van der Waals surface area contributed by atoms with Gasteiger partial charge in [-0.2, -0.15) is 38.0 Å². The van der Waals surface area contributed by atoms with E-state index in [4.69, 9.17) is 0 Å². The average molecular weight is 2150 g/mol. The number of halogens is 6. The summed E-state index contributed by atoms with van der Waals surface area (Å²) in [7, 11) is 0.